The molecule has 3 nitrogen and oxygen atoms in total. The molecule has 4 rings (SSSR count). The predicted octanol–water partition coefficient (Wildman–Crippen LogP) is 8.17. The molecule has 0 amide bonds. The van der Waals surface area contributed by atoms with Crippen molar-refractivity contribution in [2.75, 3.05) is 0 Å². The number of nitrogens with one attached hydrogen (secondary N) is 1. The molecule has 174 valence electrons. The summed E-state index contributed by atoms with van der Waals surface area (Å²) in [5, 5.41) is 1.96. The van der Waals surface area contributed by atoms with E-state index >= 15 is 0 Å². The van der Waals surface area contributed by atoms with Gasteiger partial charge in [0, 0.05) is 5.02 Å². The molecule has 1 N–H and O–H groups in total. The van der Waals surface area contributed by atoms with Gasteiger partial charge in [-0.2, -0.15) is 0 Å². The van der Waals surface area contributed by atoms with Crippen molar-refractivity contribution in [2.24, 2.45) is 5.92 Å². The molecule has 1 fully saturated rings. The van der Waals surface area contributed by atoms with Crippen molar-refractivity contribution in [3.63, 3.8) is 0 Å². The Bertz CT molecular complexity index is 1160. The van der Waals surface area contributed by atoms with Crippen LogP contribution in [0.25, 0.3) is 10.9 Å². The number of aromatic amines is 1. The number of rotatable bonds is 6. The summed E-state index contributed by atoms with van der Waals surface area (Å²) in [5.74, 6) is 0.376. The van der Waals surface area contributed by atoms with Gasteiger partial charge in [-0.3, -0.25) is 0 Å². The first-order valence-electron chi connectivity index (χ1n) is 11.6. The third kappa shape index (κ3) is 5.47. The van der Waals surface area contributed by atoms with E-state index in [0.717, 1.165) is 34.5 Å². The fraction of sp³-hybridized carbons (Fsp3) is 0.444. The van der Waals surface area contributed by atoms with Gasteiger partial charge in [0.1, 0.15) is 0 Å². The third-order valence-corrected chi connectivity index (χ3v) is 8.65. The van der Waals surface area contributed by atoms with E-state index in [9.17, 15) is 4.79 Å². The van der Waals surface area contributed by atoms with Crippen molar-refractivity contribution in [2.45, 2.75) is 69.6 Å². The first-order chi connectivity index (χ1) is 15.7. The van der Waals surface area contributed by atoms with E-state index in [0.29, 0.717) is 15.6 Å². The average Bonchev–Trinajstić information content (AvgIpc) is 3.09. The molecule has 1 aliphatic rings. The van der Waals surface area contributed by atoms with Crippen LogP contribution in [0.15, 0.2) is 36.4 Å². The topological polar surface area (TPSA) is 42.1 Å². The number of fused-ring (bicyclic) bond motifs is 1. The van der Waals surface area contributed by atoms with Gasteiger partial charge in [0.25, 0.3) is 0 Å². The zero-order valence-corrected chi connectivity index (χ0v) is 22.8. The molecule has 1 aromatic heterocycles. The second kappa shape index (κ2) is 10.1. The number of esters is 1. The van der Waals surface area contributed by atoms with E-state index in [2.05, 4.69) is 47.0 Å². The van der Waals surface area contributed by atoms with Crippen LogP contribution in [0.1, 0.15) is 79.2 Å². The Morgan fingerprint density at radius 1 is 1.18 bits per heavy atom. The van der Waals surface area contributed by atoms with Crippen LogP contribution in [-0.4, -0.2) is 27.8 Å². The molecule has 2 unspecified atom stereocenters. The minimum absolute atomic E-state index is 0.174. The van der Waals surface area contributed by atoms with E-state index in [1.54, 1.807) is 18.2 Å². The fourth-order valence-electron chi connectivity index (χ4n) is 5.14. The Morgan fingerprint density at radius 2 is 1.91 bits per heavy atom. The maximum absolute atomic E-state index is 13.2. The van der Waals surface area contributed by atoms with Crippen molar-refractivity contribution in [3.8, 4) is 0 Å². The van der Waals surface area contributed by atoms with E-state index < -0.39 is 6.10 Å². The number of hydrogen-bond donors (Lipinski definition) is 1. The van der Waals surface area contributed by atoms with Gasteiger partial charge in [0.2, 0.25) is 0 Å². The molecule has 33 heavy (non-hydrogen) atoms. The SMILES string of the molecule is Cc1[nH]c2ccc(CC(C)([As])C3CCCCC3)cc2c1C(=O)OC(C)c1ccc(Cl)cc1Cl. The van der Waals surface area contributed by atoms with Gasteiger partial charge in [-0.05, 0) is 0 Å². The van der Waals surface area contributed by atoms with Gasteiger partial charge < -0.3 is 0 Å². The van der Waals surface area contributed by atoms with E-state index in [1.807, 2.05) is 13.8 Å². The summed E-state index contributed by atoms with van der Waals surface area (Å²) in [4.78, 5) is 16.6. The van der Waals surface area contributed by atoms with Gasteiger partial charge in [-0.25, -0.2) is 0 Å². The maximum atomic E-state index is 13.2. The van der Waals surface area contributed by atoms with E-state index in [1.165, 1.54) is 37.7 Å². The zero-order chi connectivity index (χ0) is 23.8. The number of hydrogen-bond acceptors (Lipinski definition) is 2. The minimum atomic E-state index is -0.489. The third-order valence-electron chi connectivity index (χ3n) is 6.99. The zero-order valence-electron chi connectivity index (χ0n) is 19.4. The Balaban J connectivity index is 1.58. The van der Waals surface area contributed by atoms with Crippen LogP contribution in [0.5, 0.6) is 0 Å². The molecule has 6 heteroatoms. The summed E-state index contributed by atoms with van der Waals surface area (Å²) in [5.41, 5.74) is 4.33. The van der Waals surface area contributed by atoms with Crippen LogP contribution >= 0.6 is 23.2 Å². The number of H-pyrrole nitrogens is 1. The summed E-state index contributed by atoms with van der Waals surface area (Å²) in [7, 11) is 0. The Hall–Kier alpha value is -1.41. The molecule has 3 aromatic rings. The van der Waals surface area contributed by atoms with Crippen molar-refractivity contribution < 1.29 is 9.53 Å². The number of aryl methyl sites for hydroxylation is 1. The molecule has 1 saturated carbocycles. The van der Waals surface area contributed by atoms with Crippen LogP contribution < -0.4 is 0 Å². The van der Waals surface area contributed by atoms with Crippen molar-refractivity contribution >= 4 is 56.9 Å². The quantitative estimate of drug-likeness (QED) is 0.250. The fourth-order valence-corrected chi connectivity index (χ4v) is 6.63. The van der Waals surface area contributed by atoms with Gasteiger partial charge >= 0.3 is 199 Å². The van der Waals surface area contributed by atoms with Crippen molar-refractivity contribution in [3.05, 3.63) is 68.8 Å². The van der Waals surface area contributed by atoms with Gasteiger partial charge in [0.15, 0.2) is 0 Å². The average molecular weight is 546 g/mol. The number of carbonyl (C=O) groups excluding carboxylic acids is 1. The van der Waals surface area contributed by atoms with E-state index in [4.69, 9.17) is 27.9 Å². The number of benzene rings is 2. The molecule has 2 aromatic carbocycles. The van der Waals surface area contributed by atoms with Crippen molar-refractivity contribution in [1.82, 2.24) is 4.98 Å². The van der Waals surface area contributed by atoms with Gasteiger partial charge in [-0.15, -0.1) is 0 Å². The summed E-state index contributed by atoms with van der Waals surface area (Å²) in [6.07, 6.45) is 7.12. The molecule has 0 spiro atoms. The molecule has 2 atom stereocenters. The number of carbonyl (C=O) groups is 1. The standard InChI is InChI=1S/C27H30AsCl2NO2/c1-16-25(26(32)33-17(2)21-11-10-20(29)14-23(21)30)22-13-18(9-12-24(22)31-16)15-27(3,28)19-7-5-4-6-8-19/h9-14,17,19,31H,4-8,15H2,1-3H3. The van der Waals surface area contributed by atoms with Crippen LogP contribution in [0.4, 0.5) is 0 Å². The first-order valence-corrected chi connectivity index (χ1v) is 13.3. The molecular weight excluding hydrogens is 516 g/mol. The normalized spacial score (nSPS) is 17.6. The summed E-state index contributed by atoms with van der Waals surface area (Å²) >= 11 is 15.3. The summed E-state index contributed by atoms with van der Waals surface area (Å²) < 4.78 is 6.01. The molecule has 1 heterocycles. The van der Waals surface area contributed by atoms with Crippen LogP contribution in [0.2, 0.25) is 14.2 Å². The number of aromatic nitrogens is 1. The van der Waals surface area contributed by atoms with Gasteiger partial charge in [-0.1, -0.05) is 11.6 Å². The van der Waals surface area contributed by atoms with Crippen molar-refractivity contribution in [1.29, 1.82) is 0 Å². The van der Waals surface area contributed by atoms with E-state index in [-0.39, 0.29) is 10.2 Å². The second-order valence-electron chi connectivity index (χ2n) is 9.59. The molecule has 1 aliphatic carbocycles. The summed E-state index contributed by atoms with van der Waals surface area (Å²) in [6, 6.07) is 11.6. The van der Waals surface area contributed by atoms with Crippen LogP contribution in [0, 0.1) is 12.8 Å². The Labute approximate surface area is 215 Å². The Morgan fingerprint density at radius 3 is 2.61 bits per heavy atom. The predicted molar refractivity (Wildman–Crippen MR) is 138 cm³/mol. The second-order valence-corrected chi connectivity index (χ2v) is 12.6. The monoisotopic (exact) mass is 545 g/mol. The first kappa shape index (κ1) is 24.7. The molecule has 0 bridgehead atoms. The molecular formula is C27H30AsCl2NO2. The molecule has 2 radical (unpaired) electrons. The molecule has 0 aliphatic heterocycles. The van der Waals surface area contributed by atoms with Crippen LogP contribution in [-0.2, 0) is 11.2 Å². The number of ether oxygens (including phenoxy) is 1. The van der Waals surface area contributed by atoms with Gasteiger partial charge in [0.05, 0.1) is 0 Å². The summed E-state index contributed by atoms with van der Waals surface area (Å²) in [6.45, 7) is 6.11. The van der Waals surface area contributed by atoms with Crippen LogP contribution in [0.3, 0.4) is 0 Å². The number of halogens is 2. The molecule has 0 saturated heterocycles. The Kier molecular flexibility index (Phi) is 7.53.